The second-order valence-corrected chi connectivity index (χ2v) is 7.27. The van der Waals surface area contributed by atoms with E-state index in [2.05, 4.69) is 23.9 Å². The summed E-state index contributed by atoms with van der Waals surface area (Å²) in [5.74, 6) is 0.739. The van der Waals surface area contributed by atoms with Crippen LogP contribution in [-0.2, 0) is 4.57 Å². The highest BCUT2D eigenvalue weighted by atomic mass is 31.2. The number of anilines is 1. The summed E-state index contributed by atoms with van der Waals surface area (Å²) in [6, 6.07) is 5.66. The molecule has 0 aromatic carbocycles. The molecule has 0 fully saturated rings. The Kier molecular flexibility index (Phi) is 6.28. The monoisotopic (exact) mass is 254 g/mol. The Morgan fingerprint density at radius 2 is 1.82 bits per heavy atom. The molecule has 96 valence electrons. The molecule has 0 aliphatic carbocycles. The lowest BCUT2D eigenvalue weighted by Gasteiger charge is -2.19. The number of nitrogens with one attached hydrogen (secondary N) is 1. The van der Waals surface area contributed by atoms with E-state index in [0.29, 0.717) is 0 Å². The minimum absolute atomic E-state index is 0.739. The van der Waals surface area contributed by atoms with Gasteiger partial charge in [-0.3, -0.25) is 0 Å². The predicted molar refractivity (Wildman–Crippen MR) is 75.0 cm³/mol. The molecule has 0 aliphatic rings. The summed E-state index contributed by atoms with van der Waals surface area (Å²) in [6.45, 7) is 4.26. The first kappa shape index (κ1) is 14.2. The summed E-state index contributed by atoms with van der Waals surface area (Å²) in [7, 11) is -2.29. The molecular weight excluding hydrogens is 231 g/mol. The fourth-order valence-corrected chi connectivity index (χ4v) is 4.34. The average molecular weight is 254 g/mol. The highest BCUT2D eigenvalue weighted by Gasteiger charge is 2.20. The van der Waals surface area contributed by atoms with Gasteiger partial charge in [0, 0.05) is 18.5 Å². The topological polar surface area (TPSA) is 42.0 Å². The van der Waals surface area contributed by atoms with Crippen molar-refractivity contribution in [2.24, 2.45) is 0 Å². The molecule has 0 amide bonds. The minimum Gasteiger partial charge on any atom is -0.321 e. The molecule has 1 rings (SSSR count). The summed E-state index contributed by atoms with van der Waals surface area (Å²) in [6.07, 6.45) is 7.48. The molecule has 0 saturated heterocycles. The first-order valence-corrected chi connectivity index (χ1v) is 8.55. The van der Waals surface area contributed by atoms with Crippen LogP contribution in [0.2, 0.25) is 0 Å². The Morgan fingerprint density at radius 1 is 1.18 bits per heavy atom. The molecule has 4 heteroatoms. The second kappa shape index (κ2) is 7.50. The van der Waals surface area contributed by atoms with Crippen LogP contribution >= 0.6 is 7.29 Å². The van der Waals surface area contributed by atoms with Gasteiger partial charge in [0.05, 0.1) is 0 Å². The predicted octanol–water partition coefficient (Wildman–Crippen LogP) is 4.37. The van der Waals surface area contributed by atoms with Crippen LogP contribution in [0.1, 0.15) is 39.5 Å². The molecule has 0 aliphatic heterocycles. The largest absolute Gasteiger partial charge is 0.321 e. The van der Waals surface area contributed by atoms with E-state index >= 15 is 0 Å². The van der Waals surface area contributed by atoms with Crippen molar-refractivity contribution in [3.63, 3.8) is 0 Å². The zero-order valence-electron chi connectivity index (χ0n) is 10.9. The number of aromatic nitrogens is 1. The van der Waals surface area contributed by atoms with Crippen LogP contribution in [0.15, 0.2) is 24.4 Å². The number of hydrogen-bond acceptors (Lipinski definition) is 2. The third kappa shape index (κ3) is 5.36. The second-order valence-electron chi connectivity index (χ2n) is 4.37. The van der Waals surface area contributed by atoms with Gasteiger partial charge in [-0.2, -0.15) is 0 Å². The van der Waals surface area contributed by atoms with Crippen molar-refractivity contribution in [1.82, 2.24) is 4.98 Å². The maximum atomic E-state index is 12.7. The van der Waals surface area contributed by atoms with Gasteiger partial charge in [0.25, 0.3) is 0 Å². The van der Waals surface area contributed by atoms with Gasteiger partial charge in [0.2, 0.25) is 0 Å². The van der Waals surface area contributed by atoms with E-state index in [1.165, 1.54) is 0 Å². The first-order chi connectivity index (χ1) is 8.20. The molecule has 1 aromatic rings. The van der Waals surface area contributed by atoms with Crippen molar-refractivity contribution in [3.05, 3.63) is 24.4 Å². The average Bonchev–Trinajstić information content (AvgIpc) is 2.35. The summed E-state index contributed by atoms with van der Waals surface area (Å²) < 4.78 is 12.7. The molecule has 0 radical (unpaired) electrons. The van der Waals surface area contributed by atoms with Crippen molar-refractivity contribution < 1.29 is 4.57 Å². The Bertz CT molecular complexity index is 342. The highest BCUT2D eigenvalue weighted by Crippen LogP contribution is 2.46. The van der Waals surface area contributed by atoms with Crippen LogP contribution in [0.25, 0.3) is 0 Å². The van der Waals surface area contributed by atoms with Crippen molar-refractivity contribution in [2.45, 2.75) is 39.5 Å². The van der Waals surface area contributed by atoms with Gasteiger partial charge in [0.1, 0.15) is 5.82 Å². The molecule has 0 atom stereocenters. The Morgan fingerprint density at radius 3 is 2.29 bits per heavy atom. The number of unbranched alkanes of at least 4 members (excludes halogenated alkanes) is 2. The fraction of sp³-hybridized carbons (Fsp3) is 0.615. The van der Waals surface area contributed by atoms with E-state index in [1.54, 1.807) is 6.20 Å². The molecule has 1 aromatic heterocycles. The lowest BCUT2D eigenvalue weighted by molar-refractivity contribution is 0.573. The maximum Gasteiger partial charge on any atom is 0.171 e. The third-order valence-corrected chi connectivity index (χ3v) is 5.44. The molecule has 0 spiro atoms. The number of nitrogens with zero attached hydrogens (tertiary/aromatic N) is 1. The van der Waals surface area contributed by atoms with Crippen LogP contribution in [0.4, 0.5) is 5.82 Å². The van der Waals surface area contributed by atoms with E-state index < -0.39 is 7.29 Å². The molecule has 3 nitrogen and oxygen atoms in total. The SMILES string of the molecule is CCCCP(=O)(CCCC)Nc1ccccn1. The lowest BCUT2D eigenvalue weighted by atomic mass is 10.4. The van der Waals surface area contributed by atoms with Crippen LogP contribution in [0.5, 0.6) is 0 Å². The standard InChI is InChI=1S/C13H23N2OP/c1-3-5-11-17(16,12-6-4-2)15-13-9-7-8-10-14-13/h7-10H,3-6,11-12H2,1-2H3,(H,14,15,16). The van der Waals surface area contributed by atoms with E-state index in [0.717, 1.165) is 43.8 Å². The number of hydrogen-bond donors (Lipinski definition) is 1. The van der Waals surface area contributed by atoms with Crippen LogP contribution in [0, 0.1) is 0 Å². The van der Waals surface area contributed by atoms with E-state index in [4.69, 9.17) is 0 Å². The molecular formula is C13H23N2OP. The Labute approximate surface area is 104 Å². The fourth-order valence-electron chi connectivity index (χ4n) is 1.69. The van der Waals surface area contributed by atoms with Gasteiger partial charge < -0.3 is 9.65 Å². The summed E-state index contributed by atoms with van der Waals surface area (Å²) in [5, 5.41) is 3.17. The summed E-state index contributed by atoms with van der Waals surface area (Å²) in [4.78, 5) is 4.20. The number of rotatable bonds is 8. The molecule has 1 N–H and O–H groups in total. The maximum absolute atomic E-state index is 12.7. The van der Waals surface area contributed by atoms with Crippen LogP contribution < -0.4 is 5.09 Å². The lowest BCUT2D eigenvalue weighted by Crippen LogP contribution is -2.06. The highest BCUT2D eigenvalue weighted by molar-refractivity contribution is 7.65. The van der Waals surface area contributed by atoms with Gasteiger partial charge in [-0.15, -0.1) is 0 Å². The van der Waals surface area contributed by atoms with E-state index in [-0.39, 0.29) is 0 Å². The Balaban J connectivity index is 2.65. The molecule has 0 saturated carbocycles. The number of pyridine rings is 1. The molecule has 17 heavy (non-hydrogen) atoms. The smallest absolute Gasteiger partial charge is 0.171 e. The van der Waals surface area contributed by atoms with Crippen LogP contribution in [-0.4, -0.2) is 17.3 Å². The van der Waals surface area contributed by atoms with Crippen molar-refractivity contribution in [3.8, 4) is 0 Å². The van der Waals surface area contributed by atoms with E-state index in [9.17, 15) is 4.57 Å². The van der Waals surface area contributed by atoms with E-state index in [1.807, 2.05) is 18.2 Å². The quantitative estimate of drug-likeness (QED) is 0.700. The van der Waals surface area contributed by atoms with Crippen molar-refractivity contribution in [1.29, 1.82) is 0 Å². The zero-order chi connectivity index (χ0) is 12.6. The van der Waals surface area contributed by atoms with Gasteiger partial charge in [-0.25, -0.2) is 4.98 Å². The normalized spacial score (nSPS) is 11.4. The minimum atomic E-state index is -2.29. The van der Waals surface area contributed by atoms with Gasteiger partial charge >= 0.3 is 0 Å². The van der Waals surface area contributed by atoms with Crippen molar-refractivity contribution >= 4 is 13.1 Å². The van der Waals surface area contributed by atoms with Gasteiger partial charge in [0.15, 0.2) is 7.29 Å². The van der Waals surface area contributed by atoms with Crippen molar-refractivity contribution in [2.75, 3.05) is 17.4 Å². The zero-order valence-corrected chi connectivity index (χ0v) is 11.7. The Hall–Kier alpha value is -0.820. The third-order valence-electron chi connectivity index (χ3n) is 2.73. The van der Waals surface area contributed by atoms with Gasteiger partial charge in [-0.05, 0) is 25.0 Å². The van der Waals surface area contributed by atoms with Gasteiger partial charge in [-0.1, -0.05) is 32.8 Å². The molecule has 0 unspecified atom stereocenters. The summed E-state index contributed by atoms with van der Waals surface area (Å²) >= 11 is 0. The first-order valence-electron chi connectivity index (χ1n) is 6.47. The van der Waals surface area contributed by atoms with Crippen LogP contribution in [0.3, 0.4) is 0 Å². The summed E-state index contributed by atoms with van der Waals surface area (Å²) in [5.41, 5.74) is 0. The molecule has 0 bridgehead atoms. The molecule has 1 heterocycles.